The molecule has 0 radical (unpaired) electrons. The fourth-order valence-electron chi connectivity index (χ4n) is 7.68. The maximum atomic E-state index is 13.5. The molecule has 6 aromatic rings. The fraction of sp³-hybridized carbons (Fsp3) is 0.340. The van der Waals surface area contributed by atoms with Gasteiger partial charge in [-0.25, -0.2) is 0 Å². The van der Waals surface area contributed by atoms with Crippen molar-refractivity contribution in [2.45, 2.75) is 90.2 Å². The van der Waals surface area contributed by atoms with Gasteiger partial charge in [-0.3, -0.25) is 14.4 Å². The van der Waals surface area contributed by atoms with Crippen LogP contribution in [0.4, 0.5) is 0 Å². The summed E-state index contributed by atoms with van der Waals surface area (Å²) in [6, 6.07) is 29.6. The van der Waals surface area contributed by atoms with Crippen molar-refractivity contribution in [2.24, 2.45) is 0 Å². The van der Waals surface area contributed by atoms with Crippen LogP contribution in [0.3, 0.4) is 0 Å². The Balaban J connectivity index is 0.000000199. The Bertz CT molecular complexity index is 2500. The van der Waals surface area contributed by atoms with Gasteiger partial charge in [0.15, 0.2) is 5.78 Å². The first-order chi connectivity index (χ1) is 31.1. The van der Waals surface area contributed by atoms with Gasteiger partial charge >= 0.3 is 47.6 Å². The van der Waals surface area contributed by atoms with E-state index in [0.717, 1.165) is 31.2 Å². The van der Waals surface area contributed by atoms with Crippen LogP contribution in [0.1, 0.15) is 96.9 Å². The number of likely N-dealkylation sites (tertiary alicyclic amines) is 2. The number of amides is 2. The number of para-hydroxylation sites is 2. The average molecular weight is 1070 g/mol. The molecule has 0 bridgehead atoms. The molecule has 341 valence electrons. The number of halogens is 3. The summed E-state index contributed by atoms with van der Waals surface area (Å²) in [6.07, 6.45) is 9.50. The van der Waals surface area contributed by atoms with Crippen LogP contribution in [-0.4, -0.2) is 99.9 Å². The molecule has 65 heavy (non-hydrogen) atoms. The van der Waals surface area contributed by atoms with Crippen LogP contribution < -0.4 is 9.47 Å². The molecule has 0 aliphatic carbocycles. The van der Waals surface area contributed by atoms with E-state index in [1.165, 1.54) is 16.5 Å². The van der Waals surface area contributed by atoms with E-state index in [4.69, 9.17) is 26.4 Å². The molecule has 0 spiro atoms. The van der Waals surface area contributed by atoms with Gasteiger partial charge in [0.05, 0.1) is 66.0 Å². The molecule has 2 aliphatic heterocycles. The number of ether oxygens (including phenoxy) is 2. The predicted molar refractivity (Wildman–Crippen MR) is 247 cm³/mol. The summed E-state index contributed by atoms with van der Waals surface area (Å²) in [6.45, 7) is 10.1. The SMILES string of the molecule is CC(=O)c1cccc(O[C@@H]2CC[C@@H](C)N(C(=O)c3ccccc3-n3nccn3)C2)c1.C[C@@H]1CC[C@@H](Oc2cccc(C(C)(C)O)c2)CN1C(=O)c1ccccc1-n1nccn1.[Cl][Ce]([Cl])[Cl]. The normalized spacial score (nSPS) is 18.3. The van der Waals surface area contributed by atoms with E-state index >= 15 is 0 Å². The molecule has 1 N–H and O–H groups in total. The topological polar surface area (TPSA) is 158 Å². The van der Waals surface area contributed by atoms with E-state index in [1.807, 2.05) is 88.7 Å². The molecular formula is C47H52CeCl3N8O6. The summed E-state index contributed by atoms with van der Waals surface area (Å²) >= 11 is -2.24. The van der Waals surface area contributed by atoms with Gasteiger partial charge in [-0.15, -0.1) is 0 Å². The summed E-state index contributed by atoms with van der Waals surface area (Å²) in [5.74, 6) is 1.22. The molecule has 0 unspecified atom stereocenters. The molecule has 8 rings (SSSR count). The van der Waals surface area contributed by atoms with Crippen LogP contribution in [0.5, 0.6) is 11.5 Å². The van der Waals surface area contributed by atoms with Gasteiger partial charge in [-0.2, -0.15) is 30.0 Å². The van der Waals surface area contributed by atoms with E-state index in [0.29, 0.717) is 52.7 Å². The number of carbonyl (C=O) groups is 3. The van der Waals surface area contributed by atoms with Crippen molar-refractivity contribution in [3.05, 3.63) is 144 Å². The molecule has 4 aromatic carbocycles. The zero-order valence-electron chi connectivity index (χ0n) is 36.8. The van der Waals surface area contributed by atoms with Gasteiger partial charge in [0, 0.05) is 17.6 Å². The number of nitrogens with zero attached hydrogens (tertiary/aromatic N) is 8. The summed E-state index contributed by atoms with van der Waals surface area (Å²) in [5, 5.41) is 27.0. The summed E-state index contributed by atoms with van der Waals surface area (Å²) in [4.78, 5) is 45.2. The van der Waals surface area contributed by atoms with Crippen molar-refractivity contribution in [1.29, 1.82) is 0 Å². The zero-order valence-corrected chi connectivity index (χ0v) is 42.2. The number of rotatable bonds is 10. The van der Waals surface area contributed by atoms with Gasteiger partial charge in [-0.05, 0) is 114 Å². The minimum absolute atomic E-state index is 0.00152. The number of ketones is 1. The minimum atomic E-state index is -2.24. The van der Waals surface area contributed by atoms with Crippen LogP contribution in [0.15, 0.2) is 122 Å². The number of carbonyl (C=O) groups excluding carboxylic acids is 3. The van der Waals surface area contributed by atoms with Crippen molar-refractivity contribution in [1.82, 2.24) is 39.8 Å². The Hall–Kier alpha value is -4.42. The van der Waals surface area contributed by atoms with E-state index < -0.39 is 36.3 Å². The van der Waals surface area contributed by atoms with Crippen LogP contribution in [0, 0.1) is 30.7 Å². The fourth-order valence-corrected chi connectivity index (χ4v) is 7.68. The summed E-state index contributed by atoms with van der Waals surface area (Å²) in [5.41, 5.74) is 18.0. The standard InChI is InChI=1S/C24H28N4O3.C23H24N4O3.Ce.3ClH/c1-17-11-12-20(31-19-8-6-7-18(15-19)24(2,3)30)16-27(17)23(29)21-9-4-5-10-22(21)28-25-13-14-26-28;1-16-10-11-20(30-19-7-5-6-18(14-19)17(2)28)15-26(16)23(29)21-8-3-4-9-22(21)27-24-12-13-25-27;;;;/h4-10,13-15,17,20,30H,11-12,16H2,1-3H3;3-9,12-14,16,20H,10-11,15H2,1-2H3;;3*1H/q;;+3;;;/p-3/t17-,20-;16-,20-;;;;/m11..../s1. The number of benzene rings is 4. The summed E-state index contributed by atoms with van der Waals surface area (Å²) in [7, 11) is 0. The number of hydrogen-bond donors (Lipinski definition) is 1. The molecule has 0 saturated carbocycles. The zero-order chi connectivity index (χ0) is 46.7. The average Bonchev–Trinajstić information content (AvgIpc) is 4.04. The molecule has 2 amide bonds. The number of aromatic nitrogens is 6. The van der Waals surface area contributed by atoms with Gasteiger partial charge in [0.25, 0.3) is 11.8 Å². The molecule has 2 aromatic heterocycles. The van der Waals surface area contributed by atoms with Crippen molar-refractivity contribution in [2.75, 3.05) is 13.1 Å². The van der Waals surface area contributed by atoms with Crippen LogP contribution in [-0.2, 0) is 5.60 Å². The van der Waals surface area contributed by atoms with Gasteiger partial charge in [0.1, 0.15) is 23.7 Å². The first kappa shape index (κ1) is 50.0. The third kappa shape index (κ3) is 13.8. The summed E-state index contributed by atoms with van der Waals surface area (Å²) < 4.78 is 12.4. The Kier molecular flexibility index (Phi) is 18.0. The third-order valence-corrected chi connectivity index (χ3v) is 11.1. The maximum absolute atomic E-state index is 13.5. The third-order valence-electron chi connectivity index (χ3n) is 11.1. The Morgan fingerprint density at radius 3 is 1.48 bits per heavy atom. The molecule has 2 aliphatic rings. The number of Topliss-reactive ketones (excluding diaryl/α,β-unsaturated/α-hetero) is 1. The molecule has 2 saturated heterocycles. The monoisotopic (exact) mass is 1070 g/mol. The van der Waals surface area contributed by atoms with E-state index in [9.17, 15) is 19.5 Å². The predicted octanol–water partition coefficient (Wildman–Crippen LogP) is 9.18. The van der Waals surface area contributed by atoms with Crippen molar-refractivity contribution >= 4 is 34.5 Å². The second-order valence-electron chi connectivity index (χ2n) is 16.3. The second-order valence-corrected chi connectivity index (χ2v) is 30.1. The molecule has 14 nitrogen and oxygen atoms in total. The Morgan fingerprint density at radius 1 is 0.631 bits per heavy atom. The van der Waals surface area contributed by atoms with Crippen LogP contribution >= 0.6 is 16.9 Å². The molecule has 4 atom stereocenters. The van der Waals surface area contributed by atoms with Crippen LogP contribution in [0.25, 0.3) is 11.4 Å². The van der Waals surface area contributed by atoms with E-state index in [2.05, 4.69) is 34.2 Å². The number of aliphatic hydroxyl groups is 1. The number of hydrogen-bond acceptors (Lipinski definition) is 10. The molecule has 2 fully saturated rings. The van der Waals surface area contributed by atoms with Gasteiger partial charge < -0.3 is 24.4 Å². The van der Waals surface area contributed by atoms with Crippen LogP contribution in [0.2, 0.25) is 0 Å². The first-order valence-corrected chi connectivity index (χ1v) is 33.0. The van der Waals surface area contributed by atoms with Crippen molar-refractivity contribution in [3.63, 3.8) is 0 Å². The molecular weight excluding hydrogens is 1020 g/mol. The Labute approximate surface area is 400 Å². The van der Waals surface area contributed by atoms with Gasteiger partial charge in [-0.1, -0.05) is 48.5 Å². The first-order valence-electron chi connectivity index (χ1n) is 21.2. The van der Waals surface area contributed by atoms with Crippen molar-refractivity contribution in [3.8, 4) is 22.9 Å². The number of piperidine rings is 2. The van der Waals surface area contributed by atoms with E-state index in [1.54, 1.807) is 56.8 Å². The van der Waals surface area contributed by atoms with Crippen molar-refractivity contribution < 1.29 is 59.6 Å². The quantitative estimate of drug-likeness (QED) is 0.131. The molecule has 4 heterocycles. The second kappa shape index (κ2) is 23.3. The van der Waals surface area contributed by atoms with Gasteiger partial charge in [0.2, 0.25) is 0 Å². The Morgan fingerprint density at radius 2 is 1.05 bits per heavy atom. The molecule has 18 heteroatoms. The van der Waals surface area contributed by atoms with E-state index in [-0.39, 0.29) is 41.9 Å².